The molecule has 0 bridgehead atoms. The number of methoxy groups -OCH3 is 1. The number of ether oxygens (including phenoxy) is 1. The predicted molar refractivity (Wildman–Crippen MR) is 104 cm³/mol. The lowest BCUT2D eigenvalue weighted by atomic mass is 9.87. The van der Waals surface area contributed by atoms with Gasteiger partial charge in [0.05, 0.1) is 7.11 Å². The molecule has 26 heavy (non-hydrogen) atoms. The Morgan fingerprint density at radius 1 is 1.31 bits per heavy atom. The number of likely N-dealkylation sites (N-methyl/N-ethyl adjacent to an activating group) is 1. The van der Waals surface area contributed by atoms with E-state index in [2.05, 4.69) is 17.1 Å². The molecule has 1 fully saturated rings. The Bertz CT molecular complexity index is 804. The van der Waals surface area contributed by atoms with Gasteiger partial charge in [-0.05, 0) is 68.1 Å². The summed E-state index contributed by atoms with van der Waals surface area (Å²) in [7, 11) is 3.53. The van der Waals surface area contributed by atoms with Gasteiger partial charge in [-0.2, -0.15) is 5.10 Å². The number of carbonyl (C=O) groups is 1. The zero-order chi connectivity index (χ0) is 18.7. The summed E-state index contributed by atoms with van der Waals surface area (Å²) < 4.78 is 7.41. The molecule has 0 radical (unpaired) electrons. The first-order valence-electron chi connectivity index (χ1n) is 9.05. The fourth-order valence-corrected chi connectivity index (χ4v) is 3.70. The summed E-state index contributed by atoms with van der Waals surface area (Å²) in [5.41, 5.74) is 0.889. The predicted octanol–water partition coefficient (Wildman–Crippen LogP) is 3.65. The lowest BCUT2D eigenvalue weighted by molar-refractivity contribution is -0.133. The van der Waals surface area contributed by atoms with E-state index in [1.165, 1.54) is 12.8 Å². The van der Waals surface area contributed by atoms with Crippen LogP contribution in [0.5, 0.6) is 5.75 Å². The molecule has 2 aromatic rings. The molecule has 0 atom stereocenters. The number of hydrogen-bond donors (Lipinski definition) is 1. The minimum atomic E-state index is 0.0665. The molecular formula is C19H26N4O2S. The Morgan fingerprint density at radius 2 is 1.96 bits per heavy atom. The maximum Gasteiger partial charge on any atom is 0.242 e. The minimum Gasteiger partial charge on any atom is -0.497 e. The molecule has 140 valence electrons. The van der Waals surface area contributed by atoms with Crippen molar-refractivity contribution in [3.05, 3.63) is 29.0 Å². The Kier molecular flexibility index (Phi) is 5.76. The van der Waals surface area contributed by atoms with Crippen LogP contribution in [-0.2, 0) is 11.3 Å². The summed E-state index contributed by atoms with van der Waals surface area (Å²) in [5, 5.41) is 7.12. The summed E-state index contributed by atoms with van der Waals surface area (Å²) in [6.07, 6.45) is 4.52. The number of amides is 1. The van der Waals surface area contributed by atoms with Crippen molar-refractivity contribution < 1.29 is 9.53 Å². The summed E-state index contributed by atoms with van der Waals surface area (Å²) in [5.74, 6) is 2.27. The van der Waals surface area contributed by atoms with Crippen molar-refractivity contribution in [3.8, 4) is 17.1 Å². The second-order valence-electron chi connectivity index (χ2n) is 7.09. The fraction of sp³-hybridized carbons (Fsp3) is 0.526. The normalized spacial score (nSPS) is 20.0. The fourth-order valence-electron chi connectivity index (χ4n) is 3.51. The molecule has 1 heterocycles. The van der Waals surface area contributed by atoms with Crippen LogP contribution in [0.25, 0.3) is 11.4 Å². The Hall–Kier alpha value is -2.15. The van der Waals surface area contributed by atoms with Gasteiger partial charge in [-0.15, -0.1) is 0 Å². The highest BCUT2D eigenvalue weighted by molar-refractivity contribution is 7.71. The third kappa shape index (κ3) is 3.98. The second-order valence-corrected chi connectivity index (χ2v) is 7.47. The molecule has 1 aromatic heterocycles. The minimum absolute atomic E-state index is 0.0665. The SMILES string of the molecule is COc1ccc(-c2n[nH]c(=S)n2CC(=O)N(C)C2CCC(C)CC2)cc1. The van der Waals surface area contributed by atoms with Crippen molar-refractivity contribution in [1.82, 2.24) is 19.7 Å². The molecule has 6 nitrogen and oxygen atoms in total. The van der Waals surface area contributed by atoms with Crippen molar-refractivity contribution in [3.63, 3.8) is 0 Å². The van der Waals surface area contributed by atoms with E-state index in [0.29, 0.717) is 16.6 Å². The number of nitrogens with one attached hydrogen (secondary N) is 1. The van der Waals surface area contributed by atoms with Gasteiger partial charge in [0.1, 0.15) is 12.3 Å². The third-order valence-electron chi connectivity index (χ3n) is 5.33. The molecule has 0 unspecified atom stereocenters. The summed E-state index contributed by atoms with van der Waals surface area (Å²) in [6, 6.07) is 7.89. The van der Waals surface area contributed by atoms with Crippen LogP contribution >= 0.6 is 12.2 Å². The van der Waals surface area contributed by atoms with E-state index in [0.717, 1.165) is 30.1 Å². The van der Waals surface area contributed by atoms with E-state index >= 15 is 0 Å². The van der Waals surface area contributed by atoms with Gasteiger partial charge in [0, 0.05) is 18.7 Å². The van der Waals surface area contributed by atoms with Crippen molar-refractivity contribution >= 4 is 18.1 Å². The van der Waals surface area contributed by atoms with Crippen molar-refractivity contribution in [2.75, 3.05) is 14.2 Å². The summed E-state index contributed by atoms with van der Waals surface area (Å²) >= 11 is 5.35. The maximum atomic E-state index is 12.8. The van der Waals surface area contributed by atoms with Gasteiger partial charge in [0.25, 0.3) is 0 Å². The average Bonchev–Trinajstić information content (AvgIpc) is 3.02. The highest BCUT2D eigenvalue weighted by atomic mass is 32.1. The first-order valence-corrected chi connectivity index (χ1v) is 9.45. The van der Waals surface area contributed by atoms with Crippen molar-refractivity contribution in [1.29, 1.82) is 0 Å². The van der Waals surface area contributed by atoms with Gasteiger partial charge in [-0.25, -0.2) is 0 Å². The van der Waals surface area contributed by atoms with Crippen LogP contribution in [-0.4, -0.2) is 45.8 Å². The van der Waals surface area contributed by atoms with Gasteiger partial charge in [0.2, 0.25) is 5.91 Å². The molecule has 7 heteroatoms. The molecule has 0 aliphatic heterocycles. The van der Waals surface area contributed by atoms with Gasteiger partial charge in [0.15, 0.2) is 10.6 Å². The Morgan fingerprint density at radius 3 is 2.58 bits per heavy atom. The van der Waals surface area contributed by atoms with E-state index in [4.69, 9.17) is 17.0 Å². The number of nitrogens with zero attached hydrogens (tertiary/aromatic N) is 3. The zero-order valence-corrected chi connectivity index (χ0v) is 16.4. The van der Waals surface area contributed by atoms with Crippen LogP contribution in [0.2, 0.25) is 0 Å². The number of carbonyl (C=O) groups excluding carboxylic acids is 1. The second kappa shape index (κ2) is 8.03. The molecule has 1 aliphatic carbocycles. The number of H-pyrrole nitrogens is 1. The van der Waals surface area contributed by atoms with Crippen LogP contribution in [0.4, 0.5) is 0 Å². The highest BCUT2D eigenvalue weighted by Crippen LogP contribution is 2.27. The third-order valence-corrected chi connectivity index (χ3v) is 5.64. The van der Waals surface area contributed by atoms with E-state index in [1.54, 1.807) is 11.7 Å². The van der Waals surface area contributed by atoms with Gasteiger partial charge in [-0.3, -0.25) is 14.5 Å². The molecular weight excluding hydrogens is 348 g/mol. The number of aromatic nitrogens is 3. The summed E-state index contributed by atoms with van der Waals surface area (Å²) in [6.45, 7) is 2.48. The number of aromatic amines is 1. The quantitative estimate of drug-likeness (QED) is 0.812. The number of hydrogen-bond acceptors (Lipinski definition) is 4. The lowest BCUT2D eigenvalue weighted by Crippen LogP contribution is -2.41. The van der Waals surface area contributed by atoms with Crippen LogP contribution in [0.3, 0.4) is 0 Å². The van der Waals surface area contributed by atoms with E-state index in [9.17, 15) is 4.79 Å². The van der Waals surface area contributed by atoms with Crippen molar-refractivity contribution in [2.24, 2.45) is 5.92 Å². The molecule has 1 amide bonds. The first-order chi connectivity index (χ1) is 12.5. The Balaban J connectivity index is 1.76. The van der Waals surface area contributed by atoms with Gasteiger partial charge in [-0.1, -0.05) is 6.92 Å². The topological polar surface area (TPSA) is 63.1 Å². The first kappa shape index (κ1) is 18.6. The van der Waals surface area contributed by atoms with E-state index in [1.807, 2.05) is 36.2 Å². The monoisotopic (exact) mass is 374 g/mol. The molecule has 3 rings (SSSR count). The van der Waals surface area contributed by atoms with Crippen LogP contribution in [0.15, 0.2) is 24.3 Å². The van der Waals surface area contributed by atoms with Gasteiger partial charge < -0.3 is 9.64 Å². The van der Waals surface area contributed by atoms with Crippen LogP contribution in [0.1, 0.15) is 32.6 Å². The molecule has 1 N–H and O–H groups in total. The molecule has 0 spiro atoms. The van der Waals surface area contributed by atoms with Crippen molar-refractivity contribution in [2.45, 2.75) is 45.2 Å². The Labute approximate surface area is 159 Å². The molecule has 1 aliphatic rings. The number of benzene rings is 1. The lowest BCUT2D eigenvalue weighted by Gasteiger charge is -2.33. The highest BCUT2D eigenvalue weighted by Gasteiger charge is 2.25. The number of rotatable bonds is 5. The maximum absolute atomic E-state index is 12.8. The van der Waals surface area contributed by atoms with Crippen LogP contribution in [0, 0.1) is 10.7 Å². The molecule has 1 aromatic carbocycles. The molecule has 1 saturated carbocycles. The largest absolute Gasteiger partial charge is 0.497 e. The smallest absolute Gasteiger partial charge is 0.242 e. The van der Waals surface area contributed by atoms with Gasteiger partial charge >= 0.3 is 0 Å². The summed E-state index contributed by atoms with van der Waals surface area (Å²) in [4.78, 5) is 14.7. The van der Waals surface area contributed by atoms with E-state index < -0.39 is 0 Å². The van der Waals surface area contributed by atoms with Crippen LogP contribution < -0.4 is 4.74 Å². The molecule has 0 saturated heterocycles. The average molecular weight is 375 g/mol. The van der Waals surface area contributed by atoms with E-state index in [-0.39, 0.29) is 12.5 Å². The standard InChI is InChI=1S/C19H26N4O2S/c1-13-4-8-15(9-5-13)22(2)17(24)12-23-18(20-21-19(23)26)14-6-10-16(25-3)11-7-14/h6-7,10-11,13,15H,4-5,8-9,12H2,1-3H3,(H,21,26). The zero-order valence-electron chi connectivity index (χ0n) is 15.6.